The van der Waals surface area contributed by atoms with Gasteiger partial charge in [-0.3, -0.25) is 19.2 Å². The van der Waals surface area contributed by atoms with Crippen LogP contribution in [0.1, 0.15) is 39.8 Å². The Morgan fingerprint density at radius 1 is 1.07 bits per heavy atom. The highest BCUT2D eigenvalue weighted by Gasteiger charge is 2.28. The van der Waals surface area contributed by atoms with E-state index in [-0.39, 0.29) is 12.3 Å². The quantitative estimate of drug-likeness (QED) is 0.268. The summed E-state index contributed by atoms with van der Waals surface area (Å²) in [6.45, 7) is 6.53. The lowest BCUT2D eigenvalue weighted by atomic mass is 9.99. The summed E-state index contributed by atoms with van der Waals surface area (Å²) in [4.78, 5) is 54.8. The Morgan fingerprint density at radius 3 is 2.21 bits per heavy atom. The van der Waals surface area contributed by atoms with Gasteiger partial charge in [0.05, 0.1) is 12.4 Å². The maximum atomic E-state index is 12.5. The number of carboxylic acid groups (broad SMARTS) is 1. The molecule has 0 radical (unpaired) electrons. The zero-order valence-electron chi connectivity index (χ0n) is 17.1. The average molecular weight is 410 g/mol. The van der Waals surface area contributed by atoms with Crippen molar-refractivity contribution >= 4 is 23.7 Å². The monoisotopic (exact) mass is 410 g/mol. The number of carbonyl (C=O) groups is 4. The first-order chi connectivity index (χ1) is 13.6. The van der Waals surface area contributed by atoms with Gasteiger partial charge in [0, 0.05) is 18.3 Å². The number of carboxylic acids is 1. The molecular formula is C18H30N6O5. The first-order valence-electron chi connectivity index (χ1n) is 9.43. The van der Waals surface area contributed by atoms with Crippen LogP contribution in [0.2, 0.25) is 0 Å². The summed E-state index contributed by atoms with van der Waals surface area (Å²) >= 11 is 0. The van der Waals surface area contributed by atoms with E-state index in [0.717, 1.165) is 0 Å². The lowest BCUT2D eigenvalue weighted by molar-refractivity contribution is -0.141. The van der Waals surface area contributed by atoms with Crippen LogP contribution < -0.4 is 21.7 Å². The van der Waals surface area contributed by atoms with Gasteiger partial charge in [0.1, 0.15) is 18.1 Å². The standard InChI is InChI=1S/C18H30N6O5/c1-5-9(2)14(19)17(27)22-10(3)15(25)24-13(6-12-7-20-8-21-12)16(26)23-11(4)18(28)29/h7-11,13-14H,5-6,19H2,1-4H3,(H,20,21)(H,22,27)(H,23,26)(H,24,25)(H,28,29). The zero-order chi connectivity index (χ0) is 22.1. The molecule has 0 aliphatic rings. The zero-order valence-corrected chi connectivity index (χ0v) is 17.1. The number of hydrogen-bond donors (Lipinski definition) is 6. The second-order valence-corrected chi connectivity index (χ2v) is 7.05. The van der Waals surface area contributed by atoms with Crippen LogP contribution in [0.3, 0.4) is 0 Å². The van der Waals surface area contributed by atoms with Crippen LogP contribution in [0.15, 0.2) is 12.5 Å². The Hall–Kier alpha value is -2.95. The van der Waals surface area contributed by atoms with Crippen LogP contribution in [0.25, 0.3) is 0 Å². The molecule has 0 aliphatic carbocycles. The number of aromatic nitrogens is 2. The SMILES string of the molecule is CCC(C)C(N)C(=O)NC(C)C(=O)NC(Cc1cnc[nH]1)C(=O)NC(C)C(=O)O. The summed E-state index contributed by atoms with van der Waals surface area (Å²) in [7, 11) is 0. The van der Waals surface area contributed by atoms with Gasteiger partial charge in [0.25, 0.3) is 0 Å². The van der Waals surface area contributed by atoms with E-state index in [1.165, 1.54) is 26.4 Å². The topological polar surface area (TPSA) is 179 Å². The third-order valence-electron chi connectivity index (χ3n) is 4.65. The van der Waals surface area contributed by atoms with E-state index in [0.29, 0.717) is 12.1 Å². The second kappa shape index (κ2) is 11.1. The Morgan fingerprint density at radius 2 is 1.69 bits per heavy atom. The van der Waals surface area contributed by atoms with Crippen molar-refractivity contribution in [3.63, 3.8) is 0 Å². The molecule has 7 N–H and O–H groups in total. The van der Waals surface area contributed by atoms with E-state index < -0.39 is 47.9 Å². The summed E-state index contributed by atoms with van der Waals surface area (Å²) in [6.07, 6.45) is 3.69. The van der Waals surface area contributed by atoms with E-state index >= 15 is 0 Å². The lowest BCUT2D eigenvalue weighted by Gasteiger charge is -2.23. The van der Waals surface area contributed by atoms with Crippen LogP contribution in [0, 0.1) is 5.92 Å². The van der Waals surface area contributed by atoms with Gasteiger partial charge in [-0.05, 0) is 19.8 Å². The number of imidazole rings is 1. The van der Waals surface area contributed by atoms with Gasteiger partial charge in [-0.2, -0.15) is 0 Å². The van der Waals surface area contributed by atoms with Crippen molar-refractivity contribution in [3.05, 3.63) is 18.2 Å². The molecule has 0 aromatic carbocycles. The largest absolute Gasteiger partial charge is 0.480 e. The molecule has 1 aromatic rings. The maximum Gasteiger partial charge on any atom is 0.325 e. The van der Waals surface area contributed by atoms with Crippen molar-refractivity contribution in [2.45, 2.75) is 64.7 Å². The molecule has 0 fully saturated rings. The van der Waals surface area contributed by atoms with Crippen molar-refractivity contribution in [2.24, 2.45) is 11.7 Å². The molecule has 3 amide bonds. The number of rotatable bonds is 11. The van der Waals surface area contributed by atoms with Crippen LogP contribution in [0.5, 0.6) is 0 Å². The Kier molecular flexibility index (Phi) is 9.26. The number of aliphatic carboxylic acids is 1. The number of aromatic amines is 1. The minimum atomic E-state index is -1.20. The van der Waals surface area contributed by atoms with E-state index in [9.17, 15) is 19.2 Å². The minimum Gasteiger partial charge on any atom is -0.480 e. The molecule has 0 spiro atoms. The molecule has 5 atom stereocenters. The first kappa shape index (κ1) is 24.1. The highest BCUT2D eigenvalue weighted by Crippen LogP contribution is 2.06. The van der Waals surface area contributed by atoms with Gasteiger partial charge >= 0.3 is 5.97 Å². The van der Waals surface area contributed by atoms with Gasteiger partial charge in [-0.1, -0.05) is 20.3 Å². The smallest absolute Gasteiger partial charge is 0.325 e. The average Bonchev–Trinajstić information content (AvgIpc) is 3.18. The van der Waals surface area contributed by atoms with Crippen molar-refractivity contribution < 1.29 is 24.3 Å². The summed E-state index contributed by atoms with van der Waals surface area (Å²) in [5, 5.41) is 16.4. The van der Waals surface area contributed by atoms with Crippen molar-refractivity contribution in [1.29, 1.82) is 0 Å². The molecule has 1 rings (SSSR count). The van der Waals surface area contributed by atoms with Crippen LogP contribution in [0.4, 0.5) is 0 Å². The van der Waals surface area contributed by atoms with Gasteiger partial charge in [0.2, 0.25) is 17.7 Å². The first-order valence-corrected chi connectivity index (χ1v) is 9.43. The molecular weight excluding hydrogens is 380 g/mol. The molecule has 0 aliphatic heterocycles. The van der Waals surface area contributed by atoms with Gasteiger partial charge < -0.3 is 31.8 Å². The minimum absolute atomic E-state index is 0.0540. The molecule has 5 unspecified atom stereocenters. The van der Waals surface area contributed by atoms with Crippen molar-refractivity contribution in [2.75, 3.05) is 0 Å². The highest BCUT2D eigenvalue weighted by molar-refractivity contribution is 5.94. The Bertz CT molecular complexity index is 708. The molecule has 162 valence electrons. The fourth-order valence-corrected chi connectivity index (χ4v) is 2.39. The molecule has 1 heterocycles. The summed E-state index contributed by atoms with van der Waals surface area (Å²) in [5.41, 5.74) is 6.44. The maximum absolute atomic E-state index is 12.5. The predicted molar refractivity (Wildman–Crippen MR) is 104 cm³/mol. The van der Waals surface area contributed by atoms with Gasteiger partial charge in [-0.15, -0.1) is 0 Å². The molecule has 29 heavy (non-hydrogen) atoms. The Balaban J connectivity index is 2.80. The summed E-state index contributed by atoms with van der Waals surface area (Å²) in [6, 6.07) is -3.89. The van der Waals surface area contributed by atoms with E-state index in [4.69, 9.17) is 10.8 Å². The number of hydrogen-bond acceptors (Lipinski definition) is 6. The molecule has 0 bridgehead atoms. The normalized spacial score (nSPS) is 16.0. The fraction of sp³-hybridized carbons (Fsp3) is 0.611. The number of amides is 3. The highest BCUT2D eigenvalue weighted by atomic mass is 16.4. The lowest BCUT2D eigenvalue weighted by Crippen LogP contribution is -2.57. The van der Waals surface area contributed by atoms with E-state index in [2.05, 4.69) is 25.9 Å². The van der Waals surface area contributed by atoms with Gasteiger partial charge in [-0.25, -0.2) is 4.98 Å². The van der Waals surface area contributed by atoms with E-state index in [1.54, 1.807) is 0 Å². The van der Waals surface area contributed by atoms with E-state index in [1.807, 2.05) is 13.8 Å². The van der Waals surface area contributed by atoms with Crippen LogP contribution >= 0.6 is 0 Å². The fourth-order valence-electron chi connectivity index (χ4n) is 2.39. The number of nitrogens with zero attached hydrogens (tertiary/aromatic N) is 1. The second-order valence-electron chi connectivity index (χ2n) is 7.05. The number of nitrogens with two attached hydrogens (primary N) is 1. The van der Waals surface area contributed by atoms with Crippen molar-refractivity contribution in [3.8, 4) is 0 Å². The number of carbonyl (C=O) groups excluding carboxylic acids is 3. The molecule has 11 heteroatoms. The molecule has 11 nitrogen and oxygen atoms in total. The number of H-pyrrole nitrogens is 1. The predicted octanol–water partition coefficient (Wildman–Crippen LogP) is -1.10. The number of nitrogens with one attached hydrogen (secondary N) is 4. The molecule has 1 aromatic heterocycles. The van der Waals surface area contributed by atoms with Crippen LogP contribution in [-0.2, 0) is 25.6 Å². The molecule has 0 saturated heterocycles. The summed E-state index contributed by atoms with van der Waals surface area (Å²) in [5.74, 6) is -2.99. The van der Waals surface area contributed by atoms with Crippen LogP contribution in [-0.4, -0.2) is 62.9 Å². The van der Waals surface area contributed by atoms with Crippen molar-refractivity contribution in [1.82, 2.24) is 25.9 Å². The third kappa shape index (κ3) is 7.53. The van der Waals surface area contributed by atoms with Gasteiger partial charge in [0.15, 0.2) is 0 Å². The molecule has 0 saturated carbocycles. The summed E-state index contributed by atoms with van der Waals surface area (Å²) < 4.78 is 0. The third-order valence-corrected chi connectivity index (χ3v) is 4.65. The Labute approximate surface area is 169 Å².